The zero-order valence-corrected chi connectivity index (χ0v) is 15.1. The number of carbonyl (C=O) groups is 1. The second-order valence-electron chi connectivity index (χ2n) is 5.73. The van der Waals surface area contributed by atoms with Crippen molar-refractivity contribution in [2.75, 3.05) is 0 Å². The molecule has 0 unspecified atom stereocenters. The fourth-order valence-corrected chi connectivity index (χ4v) is 3.70. The lowest BCUT2D eigenvalue weighted by molar-refractivity contribution is -0.387. The summed E-state index contributed by atoms with van der Waals surface area (Å²) in [6.07, 6.45) is 0. The van der Waals surface area contributed by atoms with Crippen LogP contribution in [-0.4, -0.2) is 15.9 Å². The van der Waals surface area contributed by atoms with Crippen molar-refractivity contribution in [1.82, 2.24) is 5.16 Å². The molecule has 1 aromatic heterocycles. The Morgan fingerprint density at radius 2 is 1.88 bits per heavy atom. The fourth-order valence-electron chi connectivity index (χ4n) is 2.54. The highest BCUT2D eigenvalue weighted by atomic mass is 32.2. The number of aryl methyl sites for hydroxylation is 2. The van der Waals surface area contributed by atoms with E-state index in [0.29, 0.717) is 27.5 Å². The molecule has 0 fully saturated rings. The van der Waals surface area contributed by atoms with Gasteiger partial charge in [0, 0.05) is 28.5 Å². The third kappa shape index (κ3) is 3.67. The van der Waals surface area contributed by atoms with E-state index in [1.165, 1.54) is 17.8 Å². The molecule has 6 nitrogen and oxygen atoms in total. The minimum Gasteiger partial charge on any atom is -0.361 e. The first-order valence-corrected chi connectivity index (χ1v) is 8.88. The van der Waals surface area contributed by atoms with Gasteiger partial charge in [0.25, 0.3) is 5.69 Å². The molecule has 0 saturated carbocycles. The van der Waals surface area contributed by atoms with Gasteiger partial charge in [0.15, 0.2) is 5.78 Å². The molecule has 0 atom stereocenters. The molecule has 1 heterocycles. The zero-order chi connectivity index (χ0) is 18.7. The largest absolute Gasteiger partial charge is 0.361 e. The summed E-state index contributed by atoms with van der Waals surface area (Å²) in [5.41, 5.74) is 2.41. The number of nitrogens with zero attached hydrogens (tertiary/aromatic N) is 2. The highest BCUT2D eigenvalue weighted by Crippen LogP contribution is 2.34. The molecule has 0 spiro atoms. The van der Waals surface area contributed by atoms with Crippen LogP contribution in [0.2, 0.25) is 0 Å². The standard InChI is InChI=1S/C19H16N2O4S/c1-12-16(13(2)25-20-12)11-26-18-9-8-15(10-17(18)21(23)24)19(22)14-6-4-3-5-7-14/h3-10H,11H2,1-2H3. The lowest BCUT2D eigenvalue weighted by Gasteiger charge is -2.06. The summed E-state index contributed by atoms with van der Waals surface area (Å²) in [7, 11) is 0. The van der Waals surface area contributed by atoms with Gasteiger partial charge in [0.1, 0.15) is 5.76 Å². The normalized spacial score (nSPS) is 10.7. The summed E-state index contributed by atoms with van der Waals surface area (Å²) in [5.74, 6) is 0.970. The highest BCUT2D eigenvalue weighted by Gasteiger charge is 2.20. The lowest BCUT2D eigenvalue weighted by Crippen LogP contribution is -2.02. The van der Waals surface area contributed by atoms with Gasteiger partial charge in [-0.15, -0.1) is 11.8 Å². The average Bonchev–Trinajstić information content (AvgIpc) is 2.97. The maximum atomic E-state index is 12.5. The van der Waals surface area contributed by atoms with E-state index in [9.17, 15) is 14.9 Å². The van der Waals surface area contributed by atoms with Gasteiger partial charge in [-0.2, -0.15) is 0 Å². The molecule has 0 N–H and O–H groups in total. The molecule has 0 radical (unpaired) electrons. The van der Waals surface area contributed by atoms with Crippen molar-refractivity contribution in [3.05, 3.63) is 86.8 Å². The van der Waals surface area contributed by atoms with Gasteiger partial charge < -0.3 is 4.52 Å². The molecular formula is C19H16N2O4S. The summed E-state index contributed by atoms with van der Waals surface area (Å²) < 4.78 is 5.12. The van der Waals surface area contributed by atoms with Crippen LogP contribution in [0.1, 0.15) is 32.9 Å². The van der Waals surface area contributed by atoms with Gasteiger partial charge in [-0.1, -0.05) is 35.5 Å². The summed E-state index contributed by atoms with van der Waals surface area (Å²) in [5, 5.41) is 15.4. The van der Waals surface area contributed by atoms with Crippen molar-refractivity contribution in [2.24, 2.45) is 0 Å². The Kier molecular flexibility index (Phi) is 5.18. The number of benzene rings is 2. The third-order valence-electron chi connectivity index (χ3n) is 4.01. The van der Waals surface area contributed by atoms with Crippen molar-refractivity contribution >= 4 is 23.2 Å². The first-order chi connectivity index (χ1) is 12.5. The van der Waals surface area contributed by atoms with Crippen LogP contribution in [0.25, 0.3) is 0 Å². The number of ketones is 1. The van der Waals surface area contributed by atoms with Crippen molar-refractivity contribution in [3.8, 4) is 0 Å². The molecule has 0 amide bonds. The van der Waals surface area contributed by atoms with E-state index in [0.717, 1.165) is 11.3 Å². The molecule has 3 aromatic rings. The molecule has 0 aliphatic carbocycles. The predicted octanol–water partition coefficient (Wildman–Crippen LogP) is 4.72. The van der Waals surface area contributed by atoms with Crippen LogP contribution in [0, 0.1) is 24.0 Å². The zero-order valence-electron chi connectivity index (χ0n) is 14.3. The molecule has 0 aliphatic heterocycles. The van der Waals surface area contributed by atoms with E-state index in [1.54, 1.807) is 36.4 Å². The smallest absolute Gasteiger partial charge is 0.283 e. The Bertz CT molecular complexity index is 947. The van der Waals surface area contributed by atoms with Crippen LogP contribution in [-0.2, 0) is 5.75 Å². The monoisotopic (exact) mass is 368 g/mol. The van der Waals surface area contributed by atoms with Crippen LogP contribution >= 0.6 is 11.8 Å². The Hall–Kier alpha value is -2.93. The maximum Gasteiger partial charge on any atom is 0.283 e. The van der Waals surface area contributed by atoms with Crippen LogP contribution in [0.5, 0.6) is 0 Å². The van der Waals surface area contributed by atoms with Crippen LogP contribution < -0.4 is 0 Å². The lowest BCUT2D eigenvalue weighted by atomic mass is 10.0. The van der Waals surface area contributed by atoms with E-state index in [-0.39, 0.29) is 11.5 Å². The number of aromatic nitrogens is 1. The predicted molar refractivity (Wildman–Crippen MR) is 98.5 cm³/mol. The van der Waals surface area contributed by atoms with Gasteiger partial charge in [-0.05, 0) is 26.0 Å². The van der Waals surface area contributed by atoms with E-state index in [1.807, 2.05) is 19.9 Å². The Balaban J connectivity index is 1.88. The third-order valence-corrected chi connectivity index (χ3v) is 5.10. The Morgan fingerprint density at radius 3 is 2.50 bits per heavy atom. The van der Waals surface area contributed by atoms with E-state index < -0.39 is 4.92 Å². The number of hydrogen-bond donors (Lipinski definition) is 0. The molecule has 26 heavy (non-hydrogen) atoms. The number of hydrogen-bond acceptors (Lipinski definition) is 6. The summed E-state index contributed by atoms with van der Waals surface area (Å²) in [4.78, 5) is 24.0. The second kappa shape index (κ2) is 7.53. The molecule has 132 valence electrons. The fraction of sp³-hybridized carbons (Fsp3) is 0.158. The molecule has 0 bridgehead atoms. The molecule has 0 saturated heterocycles. The molecular weight excluding hydrogens is 352 g/mol. The van der Waals surface area contributed by atoms with E-state index in [2.05, 4.69) is 5.16 Å². The Morgan fingerprint density at radius 1 is 1.15 bits per heavy atom. The number of thioether (sulfide) groups is 1. The number of nitro groups is 1. The average molecular weight is 368 g/mol. The molecule has 0 aliphatic rings. The minimum absolute atomic E-state index is 0.0801. The van der Waals surface area contributed by atoms with Crippen molar-refractivity contribution < 1.29 is 14.2 Å². The first kappa shape index (κ1) is 17.9. The van der Waals surface area contributed by atoms with E-state index in [4.69, 9.17) is 4.52 Å². The molecule has 3 rings (SSSR count). The maximum absolute atomic E-state index is 12.5. The quantitative estimate of drug-likeness (QED) is 0.271. The summed E-state index contributed by atoms with van der Waals surface area (Å²) in [6, 6.07) is 13.3. The van der Waals surface area contributed by atoms with Crippen LogP contribution in [0.3, 0.4) is 0 Å². The first-order valence-electron chi connectivity index (χ1n) is 7.90. The van der Waals surface area contributed by atoms with Crippen LogP contribution in [0.4, 0.5) is 5.69 Å². The van der Waals surface area contributed by atoms with Crippen molar-refractivity contribution in [1.29, 1.82) is 0 Å². The van der Waals surface area contributed by atoms with Gasteiger partial charge >= 0.3 is 0 Å². The van der Waals surface area contributed by atoms with Crippen molar-refractivity contribution in [3.63, 3.8) is 0 Å². The SMILES string of the molecule is Cc1noc(C)c1CSc1ccc(C(=O)c2ccccc2)cc1[N+](=O)[O-]. The van der Waals surface area contributed by atoms with E-state index >= 15 is 0 Å². The number of carbonyl (C=O) groups excluding carboxylic acids is 1. The second-order valence-corrected chi connectivity index (χ2v) is 6.74. The summed E-state index contributed by atoms with van der Waals surface area (Å²) in [6.45, 7) is 3.65. The number of nitro benzene ring substituents is 1. The summed E-state index contributed by atoms with van der Waals surface area (Å²) >= 11 is 1.32. The molecule has 2 aromatic carbocycles. The molecule has 7 heteroatoms. The minimum atomic E-state index is -0.461. The van der Waals surface area contributed by atoms with Gasteiger partial charge in [0.2, 0.25) is 0 Å². The van der Waals surface area contributed by atoms with Gasteiger partial charge in [-0.3, -0.25) is 14.9 Å². The van der Waals surface area contributed by atoms with Crippen LogP contribution in [0.15, 0.2) is 57.9 Å². The van der Waals surface area contributed by atoms with Gasteiger partial charge in [-0.25, -0.2) is 0 Å². The highest BCUT2D eigenvalue weighted by molar-refractivity contribution is 7.98. The van der Waals surface area contributed by atoms with Crippen molar-refractivity contribution in [2.45, 2.75) is 24.5 Å². The topological polar surface area (TPSA) is 86.2 Å². The Labute approximate surface area is 154 Å². The number of rotatable bonds is 6. The van der Waals surface area contributed by atoms with Gasteiger partial charge in [0.05, 0.1) is 15.5 Å².